The summed E-state index contributed by atoms with van der Waals surface area (Å²) in [6, 6.07) is 0. The second kappa shape index (κ2) is 5.56. The van der Waals surface area contributed by atoms with E-state index in [1.807, 2.05) is 0 Å². The van der Waals surface area contributed by atoms with E-state index in [-0.39, 0.29) is 0 Å². The highest BCUT2D eigenvalue weighted by molar-refractivity contribution is 7.37. The van der Waals surface area contributed by atoms with Crippen molar-refractivity contribution in [3.63, 3.8) is 0 Å². The van der Waals surface area contributed by atoms with E-state index in [4.69, 9.17) is 0 Å². The molecule has 1 atom stereocenters. The van der Waals surface area contributed by atoms with Crippen LogP contribution in [0.25, 0.3) is 0 Å². The second-order valence-electron chi connectivity index (χ2n) is 2.60. The Bertz CT molecular complexity index is 41.7. The summed E-state index contributed by atoms with van der Waals surface area (Å²) < 4.78 is 0. The zero-order valence-electron chi connectivity index (χ0n) is 6.20. The first-order valence-corrected chi connectivity index (χ1v) is 4.89. The van der Waals surface area contributed by atoms with E-state index in [1.165, 1.54) is 27.3 Å². The molecule has 0 fully saturated rings. The van der Waals surface area contributed by atoms with E-state index in [0.717, 1.165) is 5.92 Å². The van der Waals surface area contributed by atoms with Gasteiger partial charge in [-0.3, -0.25) is 0 Å². The smallest absolute Gasteiger partial charge is 0.0330 e. The van der Waals surface area contributed by atoms with Gasteiger partial charge in [-0.1, -0.05) is 27.2 Å². The Morgan fingerprint density at radius 2 is 2.00 bits per heavy atom. The van der Waals surface area contributed by atoms with Gasteiger partial charge in [0.1, 0.15) is 0 Å². The predicted molar refractivity (Wildman–Crippen MR) is 43.2 cm³/mol. The van der Waals surface area contributed by atoms with Crippen LogP contribution in [-0.2, 0) is 0 Å². The lowest BCUT2D eigenvalue weighted by Gasteiger charge is -2.01. The Morgan fingerprint density at radius 1 is 1.38 bits per heavy atom. The molecule has 0 bridgehead atoms. The Morgan fingerprint density at radius 3 is 2.38 bits per heavy atom. The Labute approximate surface area is 54.8 Å². The first kappa shape index (κ1) is 8.43. The van der Waals surface area contributed by atoms with Gasteiger partial charge >= 0.3 is 0 Å². The molecule has 0 radical (unpaired) electrons. The summed E-state index contributed by atoms with van der Waals surface area (Å²) in [7, 11) is 1.21. The van der Waals surface area contributed by atoms with Gasteiger partial charge in [0.25, 0.3) is 0 Å². The van der Waals surface area contributed by atoms with Crippen LogP contribution < -0.4 is 0 Å². The van der Waals surface area contributed by atoms with E-state index in [0.29, 0.717) is 0 Å². The van der Waals surface area contributed by atoms with Crippen LogP contribution in [-0.4, -0.2) is 12.3 Å². The van der Waals surface area contributed by atoms with Crippen LogP contribution in [0.4, 0.5) is 0 Å². The number of rotatable bonds is 4. The van der Waals surface area contributed by atoms with Gasteiger partial charge in [-0.05, 0) is 18.2 Å². The fourth-order valence-electron chi connectivity index (χ4n) is 0.568. The van der Waals surface area contributed by atoms with Crippen LogP contribution in [0.3, 0.4) is 0 Å². The first-order chi connectivity index (χ1) is 3.77. The summed E-state index contributed by atoms with van der Waals surface area (Å²) in [5, 5.41) is 0. The van der Waals surface area contributed by atoms with Crippen LogP contribution >= 0.6 is 8.58 Å². The number of hydrogen-bond acceptors (Lipinski definition) is 0. The maximum Gasteiger partial charge on any atom is -0.0330 e. The maximum atomic E-state index is 2.29. The lowest BCUT2D eigenvalue weighted by molar-refractivity contribution is 0.746. The molecule has 8 heavy (non-hydrogen) atoms. The van der Waals surface area contributed by atoms with Gasteiger partial charge < -0.3 is 0 Å². The minimum atomic E-state index is 0.917. The van der Waals surface area contributed by atoms with Gasteiger partial charge in [0.15, 0.2) is 0 Å². The Kier molecular flexibility index (Phi) is 5.86. The third kappa shape index (κ3) is 6.43. The molecule has 0 aliphatic rings. The molecule has 0 saturated carbocycles. The van der Waals surface area contributed by atoms with Gasteiger partial charge in [0, 0.05) is 0 Å². The molecule has 0 aromatic heterocycles. The third-order valence-electron chi connectivity index (χ3n) is 0.979. The first-order valence-electron chi connectivity index (χ1n) is 3.48. The molecule has 0 aliphatic heterocycles. The summed E-state index contributed by atoms with van der Waals surface area (Å²) in [6.45, 7) is 6.85. The quantitative estimate of drug-likeness (QED) is 0.407. The van der Waals surface area contributed by atoms with Gasteiger partial charge in [-0.2, -0.15) is 0 Å². The van der Waals surface area contributed by atoms with Crippen LogP contribution in [0.15, 0.2) is 0 Å². The average molecular weight is 132 g/mol. The topological polar surface area (TPSA) is 0 Å². The molecular formula is C7H17P. The minimum Gasteiger partial charge on any atom is -0.122 e. The monoisotopic (exact) mass is 132 g/mol. The largest absolute Gasteiger partial charge is 0.122 e. The SMILES string of the molecule is CCCPCC(C)C. The Balaban J connectivity index is 2.72. The van der Waals surface area contributed by atoms with Crippen molar-refractivity contribution < 1.29 is 0 Å². The molecule has 0 rings (SSSR count). The molecule has 0 amide bonds. The zero-order valence-corrected chi connectivity index (χ0v) is 7.20. The predicted octanol–water partition coefficient (Wildman–Crippen LogP) is 2.73. The van der Waals surface area contributed by atoms with Gasteiger partial charge in [0.05, 0.1) is 0 Å². The standard InChI is InChI=1S/C7H17P/c1-4-5-8-6-7(2)3/h7-8H,4-6H2,1-3H3. The highest BCUT2D eigenvalue weighted by atomic mass is 31.1. The van der Waals surface area contributed by atoms with Crippen molar-refractivity contribution >= 4 is 8.58 Å². The summed E-state index contributed by atoms with van der Waals surface area (Å²) in [6.07, 6.45) is 4.25. The molecule has 1 heteroatoms. The highest BCUT2D eigenvalue weighted by Gasteiger charge is 1.90. The normalized spacial score (nSPS) is 12.0. The molecule has 50 valence electrons. The van der Waals surface area contributed by atoms with Crippen LogP contribution in [0.2, 0.25) is 0 Å². The van der Waals surface area contributed by atoms with Crippen molar-refractivity contribution in [3.05, 3.63) is 0 Å². The molecule has 0 nitrogen and oxygen atoms in total. The van der Waals surface area contributed by atoms with Crippen LogP contribution in [0.1, 0.15) is 27.2 Å². The molecule has 0 aromatic rings. The fraction of sp³-hybridized carbons (Fsp3) is 1.00. The minimum absolute atomic E-state index is 0.917. The van der Waals surface area contributed by atoms with Crippen molar-refractivity contribution in [2.45, 2.75) is 27.2 Å². The zero-order chi connectivity index (χ0) is 6.41. The van der Waals surface area contributed by atoms with Crippen LogP contribution in [0.5, 0.6) is 0 Å². The van der Waals surface area contributed by atoms with Gasteiger partial charge in [-0.15, -0.1) is 8.58 Å². The summed E-state index contributed by atoms with van der Waals surface area (Å²) in [5.74, 6) is 0.917. The van der Waals surface area contributed by atoms with Gasteiger partial charge in [-0.25, -0.2) is 0 Å². The lowest BCUT2D eigenvalue weighted by Crippen LogP contribution is -1.88. The average Bonchev–Trinajstić information content (AvgIpc) is 1.66. The summed E-state index contributed by atoms with van der Waals surface area (Å²) >= 11 is 0. The third-order valence-corrected chi connectivity index (χ3v) is 2.94. The Hall–Kier alpha value is 0.430. The van der Waals surface area contributed by atoms with Gasteiger partial charge in [0.2, 0.25) is 0 Å². The van der Waals surface area contributed by atoms with Crippen molar-refractivity contribution in [3.8, 4) is 0 Å². The molecule has 0 aliphatic carbocycles. The highest BCUT2D eigenvalue weighted by Crippen LogP contribution is 2.14. The molecular weight excluding hydrogens is 115 g/mol. The van der Waals surface area contributed by atoms with Crippen molar-refractivity contribution in [1.29, 1.82) is 0 Å². The molecule has 0 heterocycles. The lowest BCUT2D eigenvalue weighted by atomic mass is 10.3. The molecule has 0 aromatic carbocycles. The number of hydrogen-bond donors (Lipinski definition) is 0. The molecule has 1 unspecified atom stereocenters. The van der Waals surface area contributed by atoms with E-state index < -0.39 is 0 Å². The van der Waals surface area contributed by atoms with E-state index in [9.17, 15) is 0 Å². The fourth-order valence-corrected chi connectivity index (χ4v) is 1.70. The summed E-state index contributed by atoms with van der Waals surface area (Å²) in [5.41, 5.74) is 0. The summed E-state index contributed by atoms with van der Waals surface area (Å²) in [4.78, 5) is 0. The second-order valence-corrected chi connectivity index (χ2v) is 4.01. The van der Waals surface area contributed by atoms with E-state index in [1.54, 1.807) is 0 Å². The molecule has 0 spiro atoms. The molecule has 0 N–H and O–H groups in total. The van der Waals surface area contributed by atoms with E-state index in [2.05, 4.69) is 20.8 Å². The van der Waals surface area contributed by atoms with Crippen LogP contribution in [0, 0.1) is 5.92 Å². The maximum absolute atomic E-state index is 2.29. The molecule has 0 saturated heterocycles. The van der Waals surface area contributed by atoms with E-state index >= 15 is 0 Å². The van der Waals surface area contributed by atoms with Crippen molar-refractivity contribution in [2.75, 3.05) is 12.3 Å². The van der Waals surface area contributed by atoms with Crippen molar-refractivity contribution in [1.82, 2.24) is 0 Å². The van der Waals surface area contributed by atoms with Crippen molar-refractivity contribution in [2.24, 2.45) is 5.92 Å².